The maximum Gasteiger partial charge on any atom is 0.338 e. The lowest BCUT2D eigenvalue weighted by Crippen LogP contribution is -2.35. The van der Waals surface area contributed by atoms with Gasteiger partial charge in [-0.1, -0.05) is 38.1 Å². The zero-order valence-corrected chi connectivity index (χ0v) is 20.6. The van der Waals surface area contributed by atoms with E-state index in [1.165, 1.54) is 0 Å². The van der Waals surface area contributed by atoms with Crippen molar-refractivity contribution in [1.29, 1.82) is 5.41 Å². The van der Waals surface area contributed by atoms with E-state index in [1.807, 2.05) is 24.3 Å². The van der Waals surface area contributed by atoms with Gasteiger partial charge in [0.2, 0.25) is 0 Å². The van der Waals surface area contributed by atoms with Crippen molar-refractivity contribution in [3.8, 4) is 0 Å². The summed E-state index contributed by atoms with van der Waals surface area (Å²) in [4.78, 5) is 17.0. The highest BCUT2D eigenvalue weighted by Crippen LogP contribution is 2.30. The van der Waals surface area contributed by atoms with Crippen molar-refractivity contribution in [2.24, 2.45) is 5.73 Å². The molecule has 186 valence electrons. The first-order valence-electron chi connectivity index (χ1n) is 12.4. The molecule has 0 bridgehead atoms. The predicted molar refractivity (Wildman–Crippen MR) is 144 cm³/mol. The second-order valence-corrected chi connectivity index (χ2v) is 9.89. The first kappa shape index (κ1) is 23.8. The van der Waals surface area contributed by atoms with Gasteiger partial charge in [0, 0.05) is 29.8 Å². The number of nitrogens with one attached hydrogen (secondary N) is 3. The van der Waals surface area contributed by atoms with E-state index in [4.69, 9.17) is 16.1 Å². The number of carboxylic acids is 1. The van der Waals surface area contributed by atoms with Gasteiger partial charge < -0.3 is 26.0 Å². The molecule has 1 aliphatic rings. The number of aromatic nitrogens is 2. The Kier molecular flexibility index (Phi) is 6.36. The van der Waals surface area contributed by atoms with E-state index in [1.54, 1.807) is 6.07 Å². The van der Waals surface area contributed by atoms with Crippen LogP contribution in [0, 0.1) is 5.41 Å². The van der Waals surface area contributed by atoms with E-state index in [2.05, 4.69) is 47.2 Å². The van der Waals surface area contributed by atoms with Crippen LogP contribution >= 0.6 is 0 Å². The number of hydrogen-bond acceptors (Lipinski definition) is 5. The quantitative estimate of drug-likeness (QED) is 0.194. The molecule has 4 aromatic rings. The molecule has 0 radical (unpaired) electrons. The minimum atomic E-state index is -0.976. The van der Waals surface area contributed by atoms with E-state index in [0.717, 1.165) is 59.3 Å². The summed E-state index contributed by atoms with van der Waals surface area (Å²) in [6, 6.07) is 16.1. The van der Waals surface area contributed by atoms with Crippen LogP contribution < -0.4 is 16.4 Å². The predicted octanol–water partition coefficient (Wildman–Crippen LogP) is 4.51. The Morgan fingerprint density at radius 2 is 1.92 bits per heavy atom. The molecule has 1 fully saturated rings. The van der Waals surface area contributed by atoms with Gasteiger partial charge in [-0.3, -0.25) is 5.41 Å². The van der Waals surface area contributed by atoms with Crippen molar-refractivity contribution in [1.82, 2.24) is 14.9 Å². The lowest BCUT2D eigenvalue weighted by atomic mass is 10.0. The molecule has 6 N–H and O–H groups in total. The van der Waals surface area contributed by atoms with Gasteiger partial charge in [-0.25, -0.2) is 9.78 Å². The van der Waals surface area contributed by atoms with E-state index < -0.39 is 5.97 Å². The average molecular weight is 485 g/mol. The van der Waals surface area contributed by atoms with Gasteiger partial charge in [-0.05, 0) is 66.5 Å². The third kappa shape index (κ3) is 4.64. The van der Waals surface area contributed by atoms with Crippen LogP contribution in [-0.4, -0.2) is 45.6 Å². The summed E-state index contributed by atoms with van der Waals surface area (Å²) in [5, 5.41) is 26.8. The summed E-state index contributed by atoms with van der Waals surface area (Å²) in [6.07, 6.45) is 1.99. The Balaban J connectivity index is 1.60. The summed E-state index contributed by atoms with van der Waals surface area (Å²) in [7, 11) is 0. The maximum absolute atomic E-state index is 12.2. The van der Waals surface area contributed by atoms with Crippen molar-refractivity contribution in [3.63, 3.8) is 0 Å². The van der Waals surface area contributed by atoms with Gasteiger partial charge >= 0.3 is 5.97 Å². The highest BCUT2D eigenvalue weighted by atomic mass is 16.4. The summed E-state index contributed by atoms with van der Waals surface area (Å²) >= 11 is 0. The maximum atomic E-state index is 12.2. The summed E-state index contributed by atoms with van der Waals surface area (Å²) < 4.78 is 2.13. The number of anilines is 1. The fourth-order valence-electron chi connectivity index (χ4n) is 5.04. The Labute approximate surface area is 210 Å². The zero-order chi connectivity index (χ0) is 25.4. The molecule has 36 heavy (non-hydrogen) atoms. The first-order valence-corrected chi connectivity index (χ1v) is 12.4. The summed E-state index contributed by atoms with van der Waals surface area (Å²) in [5.41, 5.74) is 9.82. The van der Waals surface area contributed by atoms with Gasteiger partial charge in [0.1, 0.15) is 17.2 Å². The van der Waals surface area contributed by atoms with Gasteiger partial charge in [0.05, 0.1) is 11.1 Å². The molecule has 1 aromatic heterocycles. The van der Waals surface area contributed by atoms with Gasteiger partial charge in [-0.2, -0.15) is 0 Å². The molecule has 0 saturated carbocycles. The molecule has 2 heterocycles. The second kappa shape index (κ2) is 9.62. The SMILES string of the molecule is CC(C)c1nc2c(C(=O)O)cc(NC3CCNCC3)cc2n1Cc1ccc2ccc(C(=N)N)cc2c1. The van der Waals surface area contributed by atoms with Crippen LogP contribution in [0.1, 0.15) is 59.9 Å². The third-order valence-corrected chi connectivity index (χ3v) is 6.90. The molecule has 1 saturated heterocycles. The van der Waals surface area contributed by atoms with E-state index in [0.29, 0.717) is 23.7 Å². The Morgan fingerprint density at radius 1 is 1.17 bits per heavy atom. The Bertz CT molecular complexity index is 1470. The number of carboxylic acid groups (broad SMARTS) is 1. The monoisotopic (exact) mass is 484 g/mol. The van der Waals surface area contributed by atoms with E-state index in [9.17, 15) is 9.90 Å². The highest BCUT2D eigenvalue weighted by Gasteiger charge is 2.22. The smallest absolute Gasteiger partial charge is 0.338 e. The van der Waals surface area contributed by atoms with Gasteiger partial charge in [0.15, 0.2) is 0 Å². The molecule has 5 rings (SSSR count). The Hall–Kier alpha value is -3.91. The normalized spacial score (nSPS) is 14.5. The van der Waals surface area contributed by atoms with Crippen LogP contribution in [-0.2, 0) is 6.54 Å². The number of nitrogen functional groups attached to an aromatic ring is 1. The molecule has 1 aliphatic heterocycles. The molecule has 0 spiro atoms. The molecule has 0 unspecified atom stereocenters. The largest absolute Gasteiger partial charge is 0.478 e. The number of aromatic carboxylic acids is 1. The molecule has 0 aliphatic carbocycles. The average Bonchev–Trinajstić information content (AvgIpc) is 3.22. The van der Waals surface area contributed by atoms with Crippen LogP contribution in [0.15, 0.2) is 48.5 Å². The lowest BCUT2D eigenvalue weighted by Gasteiger charge is -2.25. The van der Waals surface area contributed by atoms with Crippen molar-refractivity contribution >= 4 is 39.3 Å². The molecular weight excluding hydrogens is 452 g/mol. The zero-order valence-electron chi connectivity index (χ0n) is 20.6. The number of hydrogen-bond donors (Lipinski definition) is 5. The molecule has 8 nitrogen and oxygen atoms in total. The Morgan fingerprint density at radius 3 is 2.61 bits per heavy atom. The number of piperidine rings is 1. The van der Waals surface area contributed by atoms with E-state index in [-0.39, 0.29) is 17.3 Å². The fourth-order valence-corrected chi connectivity index (χ4v) is 5.04. The number of rotatable bonds is 7. The van der Waals surface area contributed by atoms with Crippen molar-refractivity contribution < 1.29 is 9.90 Å². The number of carbonyl (C=O) groups is 1. The van der Waals surface area contributed by atoms with Crippen LogP contribution in [0.2, 0.25) is 0 Å². The second-order valence-electron chi connectivity index (χ2n) is 9.89. The van der Waals surface area contributed by atoms with Crippen LogP contribution in [0.25, 0.3) is 21.8 Å². The van der Waals surface area contributed by atoms with Crippen molar-refractivity contribution in [3.05, 3.63) is 71.0 Å². The van der Waals surface area contributed by atoms with Crippen LogP contribution in [0.4, 0.5) is 5.69 Å². The number of nitrogens with zero attached hydrogens (tertiary/aromatic N) is 2. The first-order chi connectivity index (χ1) is 17.3. The van der Waals surface area contributed by atoms with Gasteiger partial charge in [-0.15, -0.1) is 0 Å². The molecule has 0 amide bonds. The van der Waals surface area contributed by atoms with Crippen molar-refractivity contribution in [2.75, 3.05) is 18.4 Å². The summed E-state index contributed by atoms with van der Waals surface area (Å²) in [5.74, 6) is 0.0325. The number of nitrogens with two attached hydrogens (primary N) is 1. The molecule has 0 atom stereocenters. The van der Waals surface area contributed by atoms with Crippen molar-refractivity contribution in [2.45, 2.75) is 45.2 Å². The molecule has 8 heteroatoms. The van der Waals surface area contributed by atoms with E-state index >= 15 is 0 Å². The minimum absolute atomic E-state index is 0.0416. The lowest BCUT2D eigenvalue weighted by molar-refractivity contribution is 0.0699. The number of imidazole rings is 1. The fraction of sp³-hybridized carbons (Fsp3) is 0.321. The standard InChI is InChI=1S/C28H32N6O2/c1-16(2)27-33-25-23(28(35)36)13-22(32-21-7-9-31-10-8-21)14-24(25)34(27)15-17-3-4-18-5-6-19(26(29)30)12-20(18)11-17/h3-6,11-14,16,21,31-32H,7-10,15H2,1-2H3,(H3,29,30)(H,35,36). The summed E-state index contributed by atoms with van der Waals surface area (Å²) in [6.45, 7) is 6.61. The molecular formula is C28H32N6O2. The van der Waals surface area contributed by atoms with Crippen LogP contribution in [0.5, 0.6) is 0 Å². The minimum Gasteiger partial charge on any atom is -0.478 e. The molecule has 3 aromatic carbocycles. The number of benzene rings is 3. The van der Waals surface area contributed by atoms with Gasteiger partial charge in [0.25, 0.3) is 0 Å². The van der Waals surface area contributed by atoms with Crippen LogP contribution in [0.3, 0.4) is 0 Å². The highest BCUT2D eigenvalue weighted by molar-refractivity contribution is 6.03. The topological polar surface area (TPSA) is 129 Å². The third-order valence-electron chi connectivity index (χ3n) is 6.90. The number of fused-ring (bicyclic) bond motifs is 2. The number of amidine groups is 1.